The summed E-state index contributed by atoms with van der Waals surface area (Å²) in [6.45, 7) is 7.73. The minimum absolute atomic E-state index is 0.0103. The van der Waals surface area contributed by atoms with Gasteiger partial charge in [0.2, 0.25) is 11.8 Å². The number of benzene rings is 3. The van der Waals surface area contributed by atoms with Crippen LogP contribution < -0.4 is 9.62 Å². The molecule has 3 aromatic rings. The first-order valence-corrected chi connectivity index (χ1v) is 14.8. The highest BCUT2D eigenvalue weighted by atomic mass is 35.5. The molecule has 0 saturated heterocycles. The van der Waals surface area contributed by atoms with Crippen LogP contribution in [0.5, 0.6) is 0 Å². The number of hydrogen-bond donors (Lipinski definition) is 1. The Labute approximate surface area is 236 Å². The number of halogens is 1. The average molecular weight is 570 g/mol. The Morgan fingerprint density at radius 3 is 2.21 bits per heavy atom. The van der Waals surface area contributed by atoms with Crippen LogP contribution in [0.3, 0.4) is 0 Å². The van der Waals surface area contributed by atoms with Crippen molar-refractivity contribution in [2.45, 2.75) is 58.0 Å². The van der Waals surface area contributed by atoms with E-state index in [4.69, 9.17) is 11.6 Å². The molecule has 0 aromatic heterocycles. The zero-order chi connectivity index (χ0) is 28.6. The largest absolute Gasteiger partial charge is 0.354 e. The van der Waals surface area contributed by atoms with Crippen LogP contribution in [0.15, 0.2) is 77.7 Å². The fraction of sp³-hybridized carbons (Fsp3) is 0.333. The molecule has 0 heterocycles. The number of hydrogen-bond acceptors (Lipinski definition) is 4. The summed E-state index contributed by atoms with van der Waals surface area (Å²) in [5.41, 5.74) is 3.15. The molecule has 1 N–H and O–H groups in total. The van der Waals surface area contributed by atoms with Crippen molar-refractivity contribution in [2.75, 3.05) is 17.4 Å². The molecule has 2 amide bonds. The molecule has 9 heteroatoms. The molecule has 39 heavy (non-hydrogen) atoms. The monoisotopic (exact) mass is 569 g/mol. The van der Waals surface area contributed by atoms with Crippen molar-refractivity contribution in [1.82, 2.24) is 10.2 Å². The van der Waals surface area contributed by atoms with Crippen molar-refractivity contribution >= 4 is 39.1 Å². The van der Waals surface area contributed by atoms with Crippen LogP contribution in [0.25, 0.3) is 0 Å². The van der Waals surface area contributed by atoms with Gasteiger partial charge in [0.25, 0.3) is 10.0 Å². The molecule has 1 unspecified atom stereocenters. The van der Waals surface area contributed by atoms with E-state index < -0.39 is 28.5 Å². The third kappa shape index (κ3) is 7.83. The lowest BCUT2D eigenvalue weighted by Gasteiger charge is -2.32. The number of carbonyl (C=O) groups is 2. The van der Waals surface area contributed by atoms with Gasteiger partial charge in [0.15, 0.2) is 0 Å². The predicted octanol–water partition coefficient (Wildman–Crippen LogP) is 5.49. The highest BCUT2D eigenvalue weighted by Crippen LogP contribution is 2.26. The van der Waals surface area contributed by atoms with Gasteiger partial charge >= 0.3 is 0 Å². The van der Waals surface area contributed by atoms with Gasteiger partial charge in [-0.2, -0.15) is 0 Å². The van der Waals surface area contributed by atoms with Crippen molar-refractivity contribution in [1.29, 1.82) is 0 Å². The fourth-order valence-electron chi connectivity index (χ4n) is 4.06. The molecule has 0 bridgehead atoms. The molecule has 0 saturated carbocycles. The predicted molar refractivity (Wildman–Crippen MR) is 156 cm³/mol. The van der Waals surface area contributed by atoms with E-state index in [-0.39, 0.29) is 17.3 Å². The normalized spacial score (nSPS) is 12.0. The number of nitrogens with zero attached hydrogens (tertiary/aromatic N) is 2. The number of sulfonamides is 1. The van der Waals surface area contributed by atoms with E-state index >= 15 is 0 Å². The minimum atomic E-state index is -4.13. The van der Waals surface area contributed by atoms with Crippen molar-refractivity contribution < 1.29 is 18.0 Å². The van der Waals surface area contributed by atoms with Gasteiger partial charge in [0.1, 0.15) is 12.6 Å². The standard InChI is InChI=1S/C30H36ClN3O4S/c1-5-6-19-32-30(36)24(4)33(20-25-10-8-7-9-23(25)3)29(35)21-34(27-15-11-22(2)12-16-27)39(37,38)28-17-13-26(31)14-18-28/h7-18,24H,5-6,19-21H2,1-4H3,(H,32,36). The van der Waals surface area contributed by atoms with Crippen molar-refractivity contribution in [3.8, 4) is 0 Å². The highest BCUT2D eigenvalue weighted by Gasteiger charge is 2.32. The maximum absolute atomic E-state index is 13.9. The lowest BCUT2D eigenvalue weighted by Crippen LogP contribution is -2.51. The van der Waals surface area contributed by atoms with E-state index in [0.717, 1.165) is 33.8 Å². The van der Waals surface area contributed by atoms with Gasteiger partial charge in [-0.25, -0.2) is 8.42 Å². The molecule has 0 aliphatic rings. The molecular weight excluding hydrogens is 534 g/mol. The summed E-state index contributed by atoms with van der Waals surface area (Å²) in [6.07, 6.45) is 1.75. The molecule has 0 spiro atoms. The van der Waals surface area contributed by atoms with E-state index in [2.05, 4.69) is 5.32 Å². The number of carbonyl (C=O) groups excluding carboxylic acids is 2. The fourth-order valence-corrected chi connectivity index (χ4v) is 5.60. The number of unbranched alkanes of at least 4 members (excludes halogenated alkanes) is 1. The molecule has 0 radical (unpaired) electrons. The van der Waals surface area contributed by atoms with Gasteiger partial charge in [-0.1, -0.05) is 66.9 Å². The maximum Gasteiger partial charge on any atom is 0.264 e. The lowest BCUT2D eigenvalue weighted by atomic mass is 10.1. The lowest BCUT2D eigenvalue weighted by molar-refractivity contribution is -0.139. The maximum atomic E-state index is 13.9. The van der Waals surface area contributed by atoms with Gasteiger partial charge in [-0.15, -0.1) is 0 Å². The summed E-state index contributed by atoms with van der Waals surface area (Å²) in [6, 6.07) is 19.6. The number of amides is 2. The van der Waals surface area contributed by atoms with Crippen LogP contribution >= 0.6 is 11.6 Å². The molecule has 1 atom stereocenters. The summed E-state index contributed by atoms with van der Waals surface area (Å²) >= 11 is 5.99. The second-order valence-corrected chi connectivity index (χ2v) is 11.9. The van der Waals surface area contributed by atoms with Crippen LogP contribution in [-0.2, 0) is 26.2 Å². The zero-order valence-corrected chi connectivity index (χ0v) is 24.4. The van der Waals surface area contributed by atoms with E-state index in [1.165, 1.54) is 29.2 Å². The summed E-state index contributed by atoms with van der Waals surface area (Å²) < 4.78 is 28.7. The average Bonchev–Trinajstić information content (AvgIpc) is 2.91. The van der Waals surface area contributed by atoms with Gasteiger partial charge in [0.05, 0.1) is 10.6 Å². The first-order valence-electron chi connectivity index (χ1n) is 13.0. The summed E-state index contributed by atoms with van der Waals surface area (Å²) in [5, 5.41) is 3.30. The van der Waals surface area contributed by atoms with Gasteiger partial charge in [0, 0.05) is 18.1 Å². The quantitative estimate of drug-likeness (QED) is 0.292. The molecule has 208 valence electrons. The Balaban J connectivity index is 2.00. The van der Waals surface area contributed by atoms with Gasteiger partial charge < -0.3 is 10.2 Å². The van der Waals surface area contributed by atoms with Crippen LogP contribution in [0.1, 0.15) is 43.4 Å². The van der Waals surface area contributed by atoms with Crippen molar-refractivity contribution in [2.24, 2.45) is 0 Å². The Morgan fingerprint density at radius 2 is 1.59 bits per heavy atom. The summed E-state index contributed by atoms with van der Waals surface area (Å²) in [4.78, 5) is 28.4. The second kappa shape index (κ2) is 13.6. The number of aryl methyl sites for hydroxylation is 2. The third-order valence-electron chi connectivity index (χ3n) is 6.60. The topological polar surface area (TPSA) is 86.8 Å². The molecule has 3 rings (SSSR count). The number of rotatable bonds is 12. The Bertz CT molecular complexity index is 1380. The van der Waals surface area contributed by atoms with E-state index in [0.29, 0.717) is 17.3 Å². The molecule has 0 fully saturated rings. The van der Waals surface area contributed by atoms with Crippen LogP contribution in [0, 0.1) is 13.8 Å². The molecule has 0 aliphatic carbocycles. The molecule has 7 nitrogen and oxygen atoms in total. The number of anilines is 1. The smallest absolute Gasteiger partial charge is 0.264 e. The molecular formula is C30H36ClN3O4S. The minimum Gasteiger partial charge on any atom is -0.354 e. The zero-order valence-electron chi connectivity index (χ0n) is 22.9. The second-order valence-electron chi connectivity index (χ2n) is 9.57. The van der Waals surface area contributed by atoms with E-state index in [9.17, 15) is 18.0 Å². The first-order chi connectivity index (χ1) is 18.5. The Kier molecular flexibility index (Phi) is 10.5. The molecule has 3 aromatic carbocycles. The SMILES string of the molecule is CCCCNC(=O)C(C)N(Cc1ccccc1C)C(=O)CN(c1ccc(C)cc1)S(=O)(=O)c1ccc(Cl)cc1. The van der Waals surface area contributed by atoms with E-state index in [1.807, 2.05) is 45.0 Å². The Morgan fingerprint density at radius 1 is 0.949 bits per heavy atom. The van der Waals surface area contributed by atoms with Crippen LogP contribution in [0.2, 0.25) is 5.02 Å². The number of nitrogens with one attached hydrogen (secondary N) is 1. The van der Waals surface area contributed by atoms with Gasteiger partial charge in [-0.3, -0.25) is 13.9 Å². The summed E-state index contributed by atoms with van der Waals surface area (Å²) in [7, 11) is -4.13. The molecule has 0 aliphatic heterocycles. The third-order valence-corrected chi connectivity index (χ3v) is 8.64. The van der Waals surface area contributed by atoms with Gasteiger partial charge in [-0.05, 0) is 74.7 Å². The highest BCUT2D eigenvalue weighted by molar-refractivity contribution is 7.92. The van der Waals surface area contributed by atoms with E-state index in [1.54, 1.807) is 31.2 Å². The summed E-state index contributed by atoms with van der Waals surface area (Å²) in [5.74, 6) is -0.776. The van der Waals surface area contributed by atoms with Crippen LogP contribution in [-0.4, -0.2) is 44.3 Å². The van der Waals surface area contributed by atoms with Crippen LogP contribution in [0.4, 0.5) is 5.69 Å². The van der Waals surface area contributed by atoms with Crippen molar-refractivity contribution in [3.63, 3.8) is 0 Å². The van der Waals surface area contributed by atoms with Crippen molar-refractivity contribution in [3.05, 3.63) is 94.5 Å². The first kappa shape index (κ1) is 30.2. The Hall–Kier alpha value is -3.36.